The Bertz CT molecular complexity index is 1230. The predicted octanol–water partition coefficient (Wildman–Crippen LogP) is 4.68. The Hall–Kier alpha value is -2.78. The number of ether oxygens (including phenoxy) is 1. The Labute approximate surface area is 231 Å². The molecule has 1 N–H and O–H groups in total. The lowest BCUT2D eigenvalue weighted by Gasteiger charge is -2.34. The Morgan fingerprint density at radius 3 is 2.39 bits per heavy atom. The zero-order chi connectivity index (χ0) is 27.9. The number of nitrogens with zero attached hydrogens (tertiary/aromatic N) is 2. The highest BCUT2D eigenvalue weighted by Gasteiger charge is 2.33. The molecule has 0 saturated heterocycles. The molecule has 10 heteroatoms. The van der Waals surface area contributed by atoms with E-state index in [-0.39, 0.29) is 29.2 Å². The molecule has 8 nitrogen and oxygen atoms in total. The summed E-state index contributed by atoms with van der Waals surface area (Å²) in [5, 5.41) is 3.37. The van der Waals surface area contributed by atoms with Gasteiger partial charge in [-0.1, -0.05) is 62.1 Å². The number of carbonyl (C=O) groups excluding carboxylic acids is 2. The number of amides is 2. The van der Waals surface area contributed by atoms with E-state index in [9.17, 15) is 18.0 Å². The van der Waals surface area contributed by atoms with Gasteiger partial charge >= 0.3 is 0 Å². The van der Waals surface area contributed by atoms with Crippen molar-refractivity contribution in [1.82, 2.24) is 10.2 Å². The Morgan fingerprint density at radius 2 is 1.82 bits per heavy atom. The minimum atomic E-state index is -3.85. The minimum absolute atomic E-state index is 0.0923. The quantitative estimate of drug-likeness (QED) is 0.428. The maximum Gasteiger partial charge on any atom is 0.244 e. The summed E-state index contributed by atoms with van der Waals surface area (Å²) in [6, 6.07) is 11.6. The van der Waals surface area contributed by atoms with Gasteiger partial charge in [0.15, 0.2) is 0 Å². The molecule has 1 aliphatic carbocycles. The summed E-state index contributed by atoms with van der Waals surface area (Å²) >= 11 is 6.26. The number of hydrogen-bond donors (Lipinski definition) is 1. The average Bonchev–Trinajstić information content (AvgIpc) is 2.88. The summed E-state index contributed by atoms with van der Waals surface area (Å²) in [6.45, 7) is 3.52. The van der Waals surface area contributed by atoms with Crippen molar-refractivity contribution in [3.8, 4) is 5.75 Å². The molecule has 1 atom stereocenters. The first kappa shape index (κ1) is 29.8. The zero-order valence-electron chi connectivity index (χ0n) is 22.6. The smallest absolute Gasteiger partial charge is 0.244 e. The lowest BCUT2D eigenvalue weighted by molar-refractivity contribution is -0.140. The lowest BCUT2D eigenvalue weighted by Crippen LogP contribution is -2.54. The summed E-state index contributed by atoms with van der Waals surface area (Å²) < 4.78 is 31.8. The SMILES string of the molecule is CC[C@H](C(=O)NC1CCCCC1)N(Cc1ccccc1C)C(=O)CN(c1ccc(OC)c(Cl)c1)S(C)(=O)=O. The van der Waals surface area contributed by atoms with Gasteiger partial charge in [-0.25, -0.2) is 8.42 Å². The van der Waals surface area contributed by atoms with Crippen LogP contribution in [0.4, 0.5) is 5.69 Å². The Kier molecular flexibility index (Phi) is 10.4. The maximum absolute atomic E-state index is 13.9. The van der Waals surface area contributed by atoms with E-state index in [0.29, 0.717) is 12.2 Å². The van der Waals surface area contributed by atoms with E-state index in [1.54, 1.807) is 6.07 Å². The van der Waals surface area contributed by atoms with Crippen molar-refractivity contribution in [3.63, 3.8) is 0 Å². The third-order valence-corrected chi connectivity index (χ3v) is 8.48. The van der Waals surface area contributed by atoms with Crippen molar-refractivity contribution in [1.29, 1.82) is 0 Å². The van der Waals surface area contributed by atoms with Crippen LogP contribution < -0.4 is 14.4 Å². The molecule has 0 bridgehead atoms. The van der Waals surface area contributed by atoms with E-state index in [1.807, 2.05) is 38.1 Å². The van der Waals surface area contributed by atoms with Gasteiger partial charge in [-0.2, -0.15) is 0 Å². The number of hydrogen-bond acceptors (Lipinski definition) is 5. The van der Waals surface area contributed by atoms with Crippen LogP contribution >= 0.6 is 11.6 Å². The van der Waals surface area contributed by atoms with Crippen LogP contribution in [0.3, 0.4) is 0 Å². The number of halogens is 1. The van der Waals surface area contributed by atoms with Crippen molar-refractivity contribution in [2.24, 2.45) is 0 Å². The summed E-state index contributed by atoms with van der Waals surface area (Å²) in [5.41, 5.74) is 2.11. The summed E-state index contributed by atoms with van der Waals surface area (Å²) in [6.07, 6.45) is 6.59. The third kappa shape index (κ3) is 7.63. The fourth-order valence-corrected chi connectivity index (χ4v) is 5.95. The monoisotopic (exact) mass is 563 g/mol. The molecule has 2 aromatic rings. The van der Waals surface area contributed by atoms with Crippen molar-refractivity contribution in [2.45, 2.75) is 71.0 Å². The molecular formula is C28H38ClN3O5S. The number of carbonyl (C=O) groups is 2. The standard InChI is InChI=1S/C28H38ClN3O5S/c1-5-25(28(34)30-22-13-7-6-8-14-22)31(18-21-12-10-9-11-20(21)2)27(33)19-32(38(4,35)36)23-15-16-26(37-3)24(29)17-23/h9-12,15-17,22,25H,5-8,13-14,18-19H2,1-4H3,(H,30,34)/t25-/m1/s1. The van der Waals surface area contributed by atoms with Crippen LogP contribution in [0.5, 0.6) is 5.75 Å². The molecule has 3 rings (SSSR count). The van der Waals surface area contributed by atoms with Gasteiger partial charge in [-0.05, 0) is 55.5 Å². The van der Waals surface area contributed by atoms with E-state index >= 15 is 0 Å². The molecule has 38 heavy (non-hydrogen) atoms. The number of anilines is 1. The van der Waals surface area contributed by atoms with Crippen LogP contribution in [0.2, 0.25) is 5.02 Å². The number of nitrogens with one attached hydrogen (secondary N) is 1. The molecule has 0 aromatic heterocycles. The molecule has 1 aliphatic rings. The molecular weight excluding hydrogens is 526 g/mol. The second kappa shape index (κ2) is 13.3. The van der Waals surface area contributed by atoms with E-state index < -0.39 is 28.5 Å². The predicted molar refractivity (Wildman–Crippen MR) is 151 cm³/mol. The second-order valence-electron chi connectivity index (χ2n) is 9.80. The highest BCUT2D eigenvalue weighted by Crippen LogP contribution is 2.30. The first-order valence-corrected chi connectivity index (χ1v) is 15.2. The third-order valence-electron chi connectivity index (χ3n) is 7.04. The number of rotatable bonds is 11. The fraction of sp³-hybridized carbons (Fsp3) is 0.500. The maximum atomic E-state index is 13.9. The fourth-order valence-electron chi connectivity index (χ4n) is 4.86. The number of methoxy groups -OCH3 is 1. The second-order valence-corrected chi connectivity index (χ2v) is 12.1. The van der Waals surface area contributed by atoms with Gasteiger partial charge in [0.2, 0.25) is 21.8 Å². The average molecular weight is 564 g/mol. The topological polar surface area (TPSA) is 96.0 Å². The van der Waals surface area contributed by atoms with E-state index in [0.717, 1.165) is 53.8 Å². The molecule has 0 aliphatic heterocycles. The Balaban J connectivity index is 1.94. The van der Waals surface area contributed by atoms with Crippen molar-refractivity contribution < 1.29 is 22.7 Å². The van der Waals surface area contributed by atoms with Crippen molar-refractivity contribution in [2.75, 3.05) is 24.2 Å². The van der Waals surface area contributed by atoms with E-state index in [4.69, 9.17) is 16.3 Å². The van der Waals surface area contributed by atoms with Crippen molar-refractivity contribution >= 4 is 39.1 Å². The molecule has 0 radical (unpaired) electrons. The van der Waals surface area contributed by atoms with Gasteiger partial charge in [-0.3, -0.25) is 13.9 Å². The molecule has 1 saturated carbocycles. The van der Waals surface area contributed by atoms with E-state index in [2.05, 4.69) is 5.32 Å². The highest BCUT2D eigenvalue weighted by molar-refractivity contribution is 7.92. The van der Waals surface area contributed by atoms with Crippen LogP contribution in [-0.4, -0.2) is 57.1 Å². The number of aryl methyl sites for hydroxylation is 1. The highest BCUT2D eigenvalue weighted by atomic mass is 35.5. The van der Waals surface area contributed by atoms with Gasteiger partial charge < -0.3 is 15.0 Å². The number of benzene rings is 2. The summed E-state index contributed by atoms with van der Waals surface area (Å²) in [5.74, 6) is -0.294. The van der Waals surface area contributed by atoms with Crippen molar-refractivity contribution in [3.05, 3.63) is 58.6 Å². The first-order chi connectivity index (χ1) is 18.0. The van der Waals surface area contributed by atoms with Crippen LogP contribution in [0.1, 0.15) is 56.6 Å². The lowest BCUT2D eigenvalue weighted by atomic mass is 9.95. The largest absolute Gasteiger partial charge is 0.495 e. The summed E-state index contributed by atoms with van der Waals surface area (Å²) in [4.78, 5) is 28.8. The van der Waals surface area contributed by atoms with Gasteiger partial charge in [0.1, 0.15) is 18.3 Å². The molecule has 0 heterocycles. The molecule has 1 fully saturated rings. The normalized spacial score (nSPS) is 15.0. The zero-order valence-corrected chi connectivity index (χ0v) is 24.1. The van der Waals surface area contributed by atoms with Crippen LogP contribution in [-0.2, 0) is 26.2 Å². The summed E-state index contributed by atoms with van der Waals surface area (Å²) in [7, 11) is -2.39. The van der Waals surface area contributed by atoms with Crippen LogP contribution in [0.25, 0.3) is 0 Å². The van der Waals surface area contributed by atoms with Gasteiger partial charge in [-0.15, -0.1) is 0 Å². The van der Waals surface area contributed by atoms with Gasteiger partial charge in [0, 0.05) is 12.6 Å². The molecule has 0 unspecified atom stereocenters. The van der Waals surface area contributed by atoms with Gasteiger partial charge in [0.25, 0.3) is 0 Å². The van der Waals surface area contributed by atoms with E-state index in [1.165, 1.54) is 24.1 Å². The molecule has 0 spiro atoms. The minimum Gasteiger partial charge on any atom is -0.495 e. The van der Waals surface area contributed by atoms with Gasteiger partial charge in [0.05, 0.1) is 24.1 Å². The van der Waals surface area contributed by atoms with Crippen LogP contribution in [0, 0.1) is 6.92 Å². The Morgan fingerprint density at radius 1 is 1.13 bits per heavy atom. The molecule has 2 amide bonds. The number of sulfonamides is 1. The molecule has 208 valence electrons. The van der Waals surface area contributed by atoms with Crippen LogP contribution in [0.15, 0.2) is 42.5 Å². The molecule has 2 aromatic carbocycles. The first-order valence-electron chi connectivity index (χ1n) is 13.0.